The highest BCUT2D eigenvalue weighted by molar-refractivity contribution is 6.31. The molecule has 0 spiro atoms. The Morgan fingerprint density at radius 2 is 2.11 bits per heavy atom. The van der Waals surface area contributed by atoms with Gasteiger partial charge >= 0.3 is 0 Å². The summed E-state index contributed by atoms with van der Waals surface area (Å²) < 4.78 is 13.1. The van der Waals surface area contributed by atoms with Crippen LogP contribution in [0.5, 0.6) is 0 Å². The van der Waals surface area contributed by atoms with E-state index in [-0.39, 0.29) is 16.4 Å². The molecular weight excluding hydrogens is 261 g/mol. The first kappa shape index (κ1) is 14.7. The number of nitrogens with zero attached hydrogens (tertiary/aromatic N) is 1. The van der Waals surface area contributed by atoms with Crippen molar-refractivity contribution in [3.63, 3.8) is 0 Å². The Balaban J connectivity index is 2.68. The van der Waals surface area contributed by atoms with Gasteiger partial charge in [-0.1, -0.05) is 18.5 Å². The summed E-state index contributed by atoms with van der Waals surface area (Å²) in [6.45, 7) is 4.10. The lowest BCUT2D eigenvalue weighted by Gasteiger charge is -2.08. The molecule has 0 aliphatic rings. The van der Waals surface area contributed by atoms with Crippen LogP contribution in [0.25, 0.3) is 0 Å². The lowest BCUT2D eigenvalue weighted by atomic mass is 10.2. The van der Waals surface area contributed by atoms with Gasteiger partial charge in [0.15, 0.2) is 0 Å². The third-order valence-corrected chi connectivity index (χ3v) is 2.57. The van der Waals surface area contributed by atoms with Gasteiger partial charge in [0.1, 0.15) is 11.5 Å². The third kappa shape index (κ3) is 4.12. The van der Waals surface area contributed by atoms with Crippen molar-refractivity contribution < 1.29 is 9.31 Å². The fourth-order valence-electron chi connectivity index (χ4n) is 1.42. The number of hydrogen-bond acceptors (Lipinski definition) is 4. The molecule has 0 amide bonds. The number of anilines is 1. The fraction of sp³-hybridized carbons (Fsp3) is 0.455. The maximum absolute atomic E-state index is 13.1. The molecule has 0 aromatic heterocycles. The topological polar surface area (TPSA) is 67.2 Å². The van der Waals surface area contributed by atoms with Crippen LogP contribution in [0.2, 0.25) is 5.02 Å². The molecule has 5 nitrogen and oxygen atoms in total. The molecule has 0 saturated carbocycles. The summed E-state index contributed by atoms with van der Waals surface area (Å²) in [5, 5.41) is 16.6. The van der Waals surface area contributed by atoms with Gasteiger partial charge in [-0.05, 0) is 19.0 Å². The van der Waals surface area contributed by atoms with Crippen LogP contribution in [0.3, 0.4) is 0 Å². The molecule has 0 unspecified atom stereocenters. The maximum atomic E-state index is 13.1. The van der Waals surface area contributed by atoms with Gasteiger partial charge in [0.25, 0.3) is 5.69 Å². The SMILES string of the molecule is CCCNCCNc1cc(Cl)c(F)cc1[N+](=O)[O-]. The largest absolute Gasteiger partial charge is 0.378 e. The number of benzene rings is 1. The normalized spacial score (nSPS) is 10.4. The average Bonchev–Trinajstić information content (AvgIpc) is 2.32. The molecule has 7 heteroatoms. The van der Waals surface area contributed by atoms with Crippen molar-refractivity contribution in [1.82, 2.24) is 5.32 Å². The summed E-state index contributed by atoms with van der Waals surface area (Å²) in [6.07, 6.45) is 1.02. The van der Waals surface area contributed by atoms with Gasteiger partial charge in [-0.25, -0.2) is 4.39 Å². The summed E-state index contributed by atoms with van der Waals surface area (Å²) in [5.41, 5.74) is -0.0860. The second kappa shape index (κ2) is 7.13. The second-order valence-electron chi connectivity index (χ2n) is 3.72. The molecule has 0 atom stereocenters. The van der Waals surface area contributed by atoms with Crippen LogP contribution in [-0.4, -0.2) is 24.6 Å². The molecule has 0 fully saturated rings. The molecule has 0 aliphatic carbocycles. The fourth-order valence-corrected chi connectivity index (χ4v) is 1.58. The number of rotatable bonds is 7. The molecule has 1 rings (SSSR count). The smallest absolute Gasteiger partial charge is 0.295 e. The summed E-state index contributed by atoms with van der Waals surface area (Å²) >= 11 is 5.60. The van der Waals surface area contributed by atoms with Crippen LogP contribution in [-0.2, 0) is 0 Å². The van der Waals surface area contributed by atoms with Crippen LogP contribution < -0.4 is 10.6 Å². The maximum Gasteiger partial charge on any atom is 0.295 e. The second-order valence-corrected chi connectivity index (χ2v) is 4.12. The minimum atomic E-state index is -0.793. The molecule has 0 bridgehead atoms. The Hall–Kier alpha value is -1.40. The number of hydrogen-bond donors (Lipinski definition) is 2. The molecule has 2 N–H and O–H groups in total. The summed E-state index contributed by atoms with van der Waals surface area (Å²) in [6, 6.07) is 2.05. The Morgan fingerprint density at radius 3 is 2.72 bits per heavy atom. The monoisotopic (exact) mass is 275 g/mol. The van der Waals surface area contributed by atoms with E-state index in [9.17, 15) is 14.5 Å². The molecule has 0 radical (unpaired) electrons. The van der Waals surface area contributed by atoms with E-state index in [0.29, 0.717) is 13.1 Å². The van der Waals surface area contributed by atoms with Gasteiger partial charge in [0.05, 0.1) is 16.0 Å². The molecule has 1 aromatic carbocycles. The van der Waals surface area contributed by atoms with E-state index in [2.05, 4.69) is 10.6 Å². The summed E-state index contributed by atoms with van der Waals surface area (Å²) in [5.74, 6) is -0.793. The molecule has 1 aromatic rings. The molecule has 0 saturated heterocycles. The third-order valence-electron chi connectivity index (χ3n) is 2.28. The highest BCUT2D eigenvalue weighted by Crippen LogP contribution is 2.29. The first-order valence-corrected chi connectivity index (χ1v) is 6.02. The predicted octanol–water partition coefficient (Wildman–Crippen LogP) is 2.80. The van der Waals surface area contributed by atoms with Crippen molar-refractivity contribution in [3.05, 3.63) is 33.1 Å². The van der Waals surface area contributed by atoms with Crippen molar-refractivity contribution in [3.8, 4) is 0 Å². The van der Waals surface area contributed by atoms with Crippen molar-refractivity contribution in [2.45, 2.75) is 13.3 Å². The first-order valence-electron chi connectivity index (χ1n) is 5.64. The van der Waals surface area contributed by atoms with Crippen molar-refractivity contribution in [2.24, 2.45) is 0 Å². The molecule has 100 valence electrons. The average molecular weight is 276 g/mol. The Bertz CT molecular complexity index is 429. The number of nitrogens with one attached hydrogen (secondary N) is 2. The van der Waals surface area contributed by atoms with Crippen molar-refractivity contribution in [2.75, 3.05) is 25.0 Å². The van der Waals surface area contributed by atoms with Crippen LogP contribution in [0, 0.1) is 15.9 Å². The van der Waals surface area contributed by atoms with E-state index in [1.165, 1.54) is 6.07 Å². The number of nitro groups is 1. The summed E-state index contributed by atoms with van der Waals surface area (Å²) in [7, 11) is 0. The van der Waals surface area contributed by atoms with Gasteiger partial charge in [-0.2, -0.15) is 0 Å². The number of nitro benzene ring substituents is 1. The van der Waals surface area contributed by atoms with E-state index >= 15 is 0 Å². The van der Waals surface area contributed by atoms with Gasteiger partial charge in [-0.15, -0.1) is 0 Å². The highest BCUT2D eigenvalue weighted by Gasteiger charge is 2.17. The predicted molar refractivity (Wildman–Crippen MR) is 69.7 cm³/mol. The lowest BCUT2D eigenvalue weighted by Crippen LogP contribution is -2.23. The van der Waals surface area contributed by atoms with E-state index < -0.39 is 10.7 Å². The Morgan fingerprint density at radius 1 is 1.39 bits per heavy atom. The van der Waals surface area contributed by atoms with E-state index in [1.54, 1.807) is 0 Å². The van der Waals surface area contributed by atoms with Crippen LogP contribution in [0.4, 0.5) is 15.8 Å². The van der Waals surface area contributed by atoms with Crippen LogP contribution in [0.15, 0.2) is 12.1 Å². The van der Waals surface area contributed by atoms with E-state index in [0.717, 1.165) is 19.0 Å². The highest BCUT2D eigenvalue weighted by atomic mass is 35.5. The lowest BCUT2D eigenvalue weighted by molar-refractivity contribution is -0.384. The quantitative estimate of drug-likeness (QED) is 0.456. The van der Waals surface area contributed by atoms with E-state index in [1.807, 2.05) is 6.92 Å². The minimum absolute atomic E-state index is 0.135. The van der Waals surface area contributed by atoms with Crippen LogP contribution >= 0.6 is 11.6 Å². The first-order chi connectivity index (χ1) is 8.56. The zero-order valence-corrected chi connectivity index (χ0v) is 10.8. The van der Waals surface area contributed by atoms with Gasteiger partial charge < -0.3 is 10.6 Å². The zero-order valence-electron chi connectivity index (χ0n) is 10.0. The zero-order chi connectivity index (χ0) is 13.5. The molecule has 0 aliphatic heterocycles. The van der Waals surface area contributed by atoms with Gasteiger partial charge in [0, 0.05) is 13.1 Å². The molecule has 18 heavy (non-hydrogen) atoms. The minimum Gasteiger partial charge on any atom is -0.378 e. The van der Waals surface area contributed by atoms with Gasteiger partial charge in [-0.3, -0.25) is 10.1 Å². The standard InChI is InChI=1S/C11H15ClFN3O2/c1-2-3-14-4-5-15-10-6-8(12)9(13)7-11(10)16(17)18/h6-7,14-15H,2-5H2,1H3. The Labute approximate surface area is 109 Å². The van der Waals surface area contributed by atoms with Crippen molar-refractivity contribution >= 4 is 23.0 Å². The molecule has 0 heterocycles. The van der Waals surface area contributed by atoms with E-state index in [4.69, 9.17) is 11.6 Å². The Kier molecular flexibility index (Phi) is 5.80. The molecular formula is C11H15ClFN3O2. The van der Waals surface area contributed by atoms with Crippen LogP contribution in [0.1, 0.15) is 13.3 Å². The van der Waals surface area contributed by atoms with Gasteiger partial charge in [0.2, 0.25) is 0 Å². The van der Waals surface area contributed by atoms with Crippen molar-refractivity contribution in [1.29, 1.82) is 0 Å². The number of halogens is 2. The summed E-state index contributed by atoms with van der Waals surface area (Å²) in [4.78, 5) is 10.1.